The number of nitrogens with zero attached hydrogens (tertiary/aromatic N) is 4. The molecule has 0 atom stereocenters. The summed E-state index contributed by atoms with van der Waals surface area (Å²) in [5.41, 5.74) is 1.72. The van der Waals surface area contributed by atoms with Crippen LogP contribution < -0.4 is 14.8 Å². The predicted octanol–water partition coefficient (Wildman–Crippen LogP) is 1.73. The molecule has 0 spiro atoms. The molecule has 0 aliphatic rings. The van der Waals surface area contributed by atoms with E-state index in [1.165, 1.54) is 4.68 Å². The molecule has 0 saturated heterocycles. The van der Waals surface area contributed by atoms with Gasteiger partial charge in [0.1, 0.15) is 17.2 Å². The lowest BCUT2D eigenvalue weighted by molar-refractivity contribution is 0.0937. The third kappa shape index (κ3) is 3.51. The Morgan fingerprint density at radius 2 is 2.08 bits per heavy atom. The molecule has 0 aliphatic carbocycles. The van der Waals surface area contributed by atoms with E-state index in [1.807, 2.05) is 6.07 Å². The van der Waals surface area contributed by atoms with E-state index in [0.717, 1.165) is 5.56 Å². The summed E-state index contributed by atoms with van der Waals surface area (Å²) in [7, 11) is 4.86. The highest BCUT2D eigenvalue weighted by Gasteiger charge is 2.18. The number of nitrogens with one attached hydrogen (secondary N) is 1. The van der Waals surface area contributed by atoms with Gasteiger partial charge in [-0.3, -0.25) is 9.48 Å². The van der Waals surface area contributed by atoms with Gasteiger partial charge >= 0.3 is 0 Å². The molecule has 2 heterocycles. The number of aryl methyl sites for hydroxylation is 2. The van der Waals surface area contributed by atoms with E-state index >= 15 is 0 Å². The van der Waals surface area contributed by atoms with Crippen molar-refractivity contribution in [2.45, 2.75) is 13.5 Å². The molecule has 136 valence electrons. The summed E-state index contributed by atoms with van der Waals surface area (Å²) in [5.74, 6) is 1.86. The summed E-state index contributed by atoms with van der Waals surface area (Å²) < 4.78 is 17.1. The number of hydrogen-bond acceptors (Lipinski definition) is 7. The van der Waals surface area contributed by atoms with Crippen molar-refractivity contribution in [3.05, 3.63) is 41.7 Å². The van der Waals surface area contributed by atoms with E-state index < -0.39 is 0 Å². The number of amides is 1. The smallest absolute Gasteiger partial charge is 0.269 e. The van der Waals surface area contributed by atoms with Gasteiger partial charge in [-0.25, -0.2) is 0 Å². The van der Waals surface area contributed by atoms with Crippen LogP contribution in [-0.2, 0) is 13.6 Å². The first-order valence-corrected chi connectivity index (χ1v) is 7.85. The quantitative estimate of drug-likeness (QED) is 0.716. The van der Waals surface area contributed by atoms with Gasteiger partial charge in [0.15, 0.2) is 5.82 Å². The second kappa shape index (κ2) is 7.26. The van der Waals surface area contributed by atoms with Gasteiger partial charge in [0, 0.05) is 12.6 Å². The van der Waals surface area contributed by atoms with Crippen molar-refractivity contribution >= 4 is 5.91 Å². The molecule has 9 nitrogen and oxygen atoms in total. The lowest BCUT2D eigenvalue weighted by Gasteiger charge is -2.08. The van der Waals surface area contributed by atoms with Crippen LogP contribution in [0.2, 0.25) is 0 Å². The van der Waals surface area contributed by atoms with Gasteiger partial charge in [0.2, 0.25) is 5.89 Å². The van der Waals surface area contributed by atoms with Crippen LogP contribution in [0, 0.1) is 6.92 Å². The molecule has 1 aromatic carbocycles. The molecule has 0 bridgehead atoms. The van der Waals surface area contributed by atoms with E-state index in [0.29, 0.717) is 34.6 Å². The average Bonchev–Trinajstić information content (AvgIpc) is 3.24. The Balaban J connectivity index is 1.83. The minimum Gasteiger partial charge on any atom is -0.497 e. The first kappa shape index (κ1) is 17.5. The maximum atomic E-state index is 12.5. The van der Waals surface area contributed by atoms with E-state index in [-0.39, 0.29) is 12.5 Å². The van der Waals surface area contributed by atoms with Crippen LogP contribution >= 0.6 is 0 Å². The van der Waals surface area contributed by atoms with E-state index in [2.05, 4.69) is 20.6 Å². The molecule has 26 heavy (non-hydrogen) atoms. The zero-order valence-corrected chi connectivity index (χ0v) is 14.9. The summed E-state index contributed by atoms with van der Waals surface area (Å²) in [6, 6.07) is 7.08. The zero-order chi connectivity index (χ0) is 18.7. The third-order valence-electron chi connectivity index (χ3n) is 3.76. The van der Waals surface area contributed by atoms with Crippen molar-refractivity contribution in [3.8, 4) is 22.8 Å². The van der Waals surface area contributed by atoms with E-state index in [1.54, 1.807) is 46.4 Å². The van der Waals surface area contributed by atoms with Crippen molar-refractivity contribution < 1.29 is 18.8 Å². The summed E-state index contributed by atoms with van der Waals surface area (Å²) in [4.78, 5) is 16.5. The Hall–Kier alpha value is -3.36. The Morgan fingerprint density at radius 3 is 2.73 bits per heavy atom. The Morgan fingerprint density at radius 1 is 1.27 bits per heavy atom. The van der Waals surface area contributed by atoms with Crippen molar-refractivity contribution in [2.24, 2.45) is 7.05 Å². The lowest BCUT2D eigenvalue weighted by atomic mass is 10.1. The number of methoxy groups -OCH3 is 2. The Labute approximate surface area is 149 Å². The van der Waals surface area contributed by atoms with Crippen LogP contribution in [0.15, 0.2) is 28.8 Å². The van der Waals surface area contributed by atoms with E-state index in [4.69, 9.17) is 14.0 Å². The normalized spacial score (nSPS) is 10.6. The molecule has 0 unspecified atom stereocenters. The third-order valence-corrected chi connectivity index (χ3v) is 3.76. The summed E-state index contributed by atoms with van der Waals surface area (Å²) >= 11 is 0. The first-order chi connectivity index (χ1) is 12.5. The molecule has 3 rings (SSSR count). The van der Waals surface area contributed by atoms with Gasteiger partial charge in [-0.2, -0.15) is 10.1 Å². The standard InChI is InChI=1S/C17H19N5O4/c1-10-19-16(26-21-10)9-18-17(23)14-8-13(20-22(14)2)12-7-11(24-3)5-6-15(12)25-4/h5-8H,9H2,1-4H3,(H,18,23). The number of benzene rings is 1. The van der Waals surface area contributed by atoms with E-state index in [9.17, 15) is 4.79 Å². The van der Waals surface area contributed by atoms with Crippen LogP contribution in [0.3, 0.4) is 0 Å². The highest BCUT2D eigenvalue weighted by atomic mass is 16.5. The molecule has 3 aromatic rings. The van der Waals surface area contributed by atoms with Gasteiger partial charge in [-0.15, -0.1) is 0 Å². The highest BCUT2D eigenvalue weighted by Crippen LogP contribution is 2.32. The second-order valence-corrected chi connectivity index (χ2v) is 5.52. The topological polar surface area (TPSA) is 104 Å². The van der Waals surface area contributed by atoms with Crippen molar-refractivity contribution in [2.75, 3.05) is 14.2 Å². The van der Waals surface area contributed by atoms with Crippen molar-refractivity contribution in [1.29, 1.82) is 0 Å². The molecule has 0 radical (unpaired) electrons. The molecule has 2 aromatic heterocycles. The Bertz CT molecular complexity index is 931. The number of carbonyl (C=O) groups is 1. The lowest BCUT2D eigenvalue weighted by Crippen LogP contribution is -2.25. The second-order valence-electron chi connectivity index (χ2n) is 5.52. The molecule has 0 fully saturated rings. The minimum absolute atomic E-state index is 0.142. The fourth-order valence-corrected chi connectivity index (χ4v) is 2.48. The number of hydrogen-bond donors (Lipinski definition) is 1. The average molecular weight is 357 g/mol. The SMILES string of the molecule is COc1ccc(OC)c(-c2cc(C(=O)NCc3nc(C)no3)n(C)n2)c1. The molecular weight excluding hydrogens is 338 g/mol. The van der Waals surface area contributed by atoms with Gasteiger partial charge in [-0.05, 0) is 31.2 Å². The minimum atomic E-state index is -0.302. The van der Waals surface area contributed by atoms with Crippen molar-refractivity contribution in [1.82, 2.24) is 25.2 Å². The molecule has 1 amide bonds. The summed E-state index contributed by atoms with van der Waals surface area (Å²) in [5, 5.41) is 10.8. The number of aromatic nitrogens is 4. The van der Waals surface area contributed by atoms with Gasteiger partial charge < -0.3 is 19.3 Å². The van der Waals surface area contributed by atoms with Crippen LogP contribution in [-0.4, -0.2) is 40.0 Å². The van der Waals surface area contributed by atoms with Crippen molar-refractivity contribution in [3.63, 3.8) is 0 Å². The molecular formula is C17H19N5O4. The molecule has 0 aliphatic heterocycles. The maximum absolute atomic E-state index is 12.5. The number of ether oxygens (including phenoxy) is 2. The van der Waals surface area contributed by atoms with Gasteiger partial charge in [0.25, 0.3) is 5.91 Å². The Kier molecular flexibility index (Phi) is 4.87. The maximum Gasteiger partial charge on any atom is 0.269 e. The number of rotatable bonds is 6. The van der Waals surface area contributed by atoms with Gasteiger partial charge in [-0.1, -0.05) is 5.16 Å². The van der Waals surface area contributed by atoms with Crippen LogP contribution in [0.4, 0.5) is 0 Å². The summed E-state index contributed by atoms with van der Waals surface area (Å²) in [6.07, 6.45) is 0. The fourth-order valence-electron chi connectivity index (χ4n) is 2.48. The molecule has 1 N–H and O–H groups in total. The van der Waals surface area contributed by atoms with Crippen LogP contribution in [0.1, 0.15) is 22.2 Å². The zero-order valence-electron chi connectivity index (χ0n) is 14.9. The predicted molar refractivity (Wildman–Crippen MR) is 92.0 cm³/mol. The van der Waals surface area contributed by atoms with Gasteiger partial charge in [0.05, 0.1) is 26.5 Å². The highest BCUT2D eigenvalue weighted by molar-refractivity contribution is 5.93. The fraction of sp³-hybridized carbons (Fsp3) is 0.294. The molecule has 9 heteroatoms. The number of carbonyl (C=O) groups excluding carboxylic acids is 1. The largest absolute Gasteiger partial charge is 0.497 e. The summed E-state index contributed by atoms with van der Waals surface area (Å²) in [6.45, 7) is 1.85. The monoisotopic (exact) mass is 357 g/mol. The van der Waals surface area contributed by atoms with Crippen LogP contribution in [0.25, 0.3) is 11.3 Å². The molecule has 0 saturated carbocycles. The first-order valence-electron chi connectivity index (χ1n) is 7.85. The van der Waals surface area contributed by atoms with Crippen LogP contribution in [0.5, 0.6) is 11.5 Å².